The molecule has 0 bridgehead atoms. The maximum absolute atomic E-state index is 5.77. The SMILES string of the molecule is C1=C[C@H]2OCC3CC4CO[C@@H]1C4C32. The average Bonchev–Trinajstić information content (AvgIpc) is 2.76. The van der Waals surface area contributed by atoms with Gasteiger partial charge in [0.15, 0.2) is 0 Å². The second-order valence-corrected chi connectivity index (χ2v) is 4.89. The van der Waals surface area contributed by atoms with Crippen LogP contribution in [0.3, 0.4) is 0 Å². The van der Waals surface area contributed by atoms with Crippen LogP contribution in [-0.4, -0.2) is 25.4 Å². The Hall–Kier alpha value is -0.340. The average molecular weight is 178 g/mol. The number of rotatable bonds is 0. The molecule has 3 fully saturated rings. The first-order chi connectivity index (χ1) is 6.43. The van der Waals surface area contributed by atoms with Crippen molar-refractivity contribution in [3.05, 3.63) is 12.2 Å². The van der Waals surface area contributed by atoms with E-state index in [2.05, 4.69) is 12.2 Å². The van der Waals surface area contributed by atoms with E-state index in [-0.39, 0.29) is 0 Å². The summed E-state index contributed by atoms with van der Waals surface area (Å²) in [6.45, 7) is 2.00. The highest BCUT2D eigenvalue weighted by molar-refractivity contribution is 5.17. The van der Waals surface area contributed by atoms with Crippen LogP contribution in [0.4, 0.5) is 0 Å². The van der Waals surface area contributed by atoms with Gasteiger partial charge in [0.05, 0.1) is 25.4 Å². The topological polar surface area (TPSA) is 18.5 Å². The number of ether oxygens (including phenoxy) is 2. The second kappa shape index (κ2) is 2.18. The van der Waals surface area contributed by atoms with Gasteiger partial charge in [-0.15, -0.1) is 0 Å². The number of hydrogen-bond donors (Lipinski definition) is 0. The second-order valence-electron chi connectivity index (χ2n) is 4.89. The molecule has 2 heteroatoms. The third-order valence-electron chi connectivity index (χ3n) is 4.39. The normalized spacial score (nSPS) is 61.5. The van der Waals surface area contributed by atoms with Crippen molar-refractivity contribution in [1.82, 2.24) is 0 Å². The minimum absolute atomic E-state index is 0.429. The molecule has 2 aliphatic heterocycles. The van der Waals surface area contributed by atoms with E-state index in [9.17, 15) is 0 Å². The third-order valence-corrected chi connectivity index (χ3v) is 4.39. The van der Waals surface area contributed by atoms with Crippen molar-refractivity contribution >= 4 is 0 Å². The smallest absolute Gasteiger partial charge is 0.0792 e. The molecule has 2 nitrogen and oxygen atoms in total. The molecule has 0 aromatic rings. The van der Waals surface area contributed by atoms with E-state index < -0.39 is 0 Å². The lowest BCUT2D eigenvalue weighted by molar-refractivity contribution is 0.0666. The number of hydrogen-bond acceptors (Lipinski definition) is 2. The molecule has 4 rings (SSSR count). The van der Waals surface area contributed by atoms with Crippen molar-refractivity contribution in [2.75, 3.05) is 13.2 Å². The predicted molar refractivity (Wildman–Crippen MR) is 47.2 cm³/mol. The highest BCUT2D eigenvalue weighted by Crippen LogP contribution is 2.55. The standard InChI is InChI=1S/C11H14O2/c1-2-9-11-7(5-13-9)3-6-4-12-8(1)10(6)11/h1-2,6-11H,3-5H2/t6?,7?,8-,9+,10?,11?. The first-order valence-electron chi connectivity index (χ1n) is 5.35. The fraction of sp³-hybridized carbons (Fsp3) is 0.818. The zero-order valence-electron chi connectivity index (χ0n) is 7.56. The Morgan fingerprint density at radius 3 is 1.92 bits per heavy atom. The predicted octanol–water partition coefficient (Wildman–Crippen LogP) is 1.22. The molecule has 0 spiro atoms. The highest BCUT2D eigenvalue weighted by Gasteiger charge is 2.57. The zero-order chi connectivity index (χ0) is 8.41. The van der Waals surface area contributed by atoms with E-state index >= 15 is 0 Å². The molecule has 1 saturated carbocycles. The molecule has 0 radical (unpaired) electrons. The minimum atomic E-state index is 0.429. The van der Waals surface area contributed by atoms with Crippen LogP contribution >= 0.6 is 0 Å². The summed E-state index contributed by atoms with van der Waals surface area (Å²) in [6.07, 6.45) is 6.68. The lowest BCUT2D eigenvalue weighted by Gasteiger charge is -2.28. The van der Waals surface area contributed by atoms with Gasteiger partial charge < -0.3 is 9.47 Å². The largest absolute Gasteiger partial charge is 0.374 e. The van der Waals surface area contributed by atoms with Gasteiger partial charge in [-0.1, -0.05) is 12.2 Å². The van der Waals surface area contributed by atoms with Crippen molar-refractivity contribution in [3.63, 3.8) is 0 Å². The molecule has 0 N–H and O–H groups in total. The van der Waals surface area contributed by atoms with E-state index in [0.717, 1.165) is 36.9 Å². The van der Waals surface area contributed by atoms with Crippen LogP contribution in [0.5, 0.6) is 0 Å². The van der Waals surface area contributed by atoms with Gasteiger partial charge in [0.2, 0.25) is 0 Å². The molecule has 6 atom stereocenters. The molecule has 0 amide bonds. The molecular weight excluding hydrogens is 164 g/mol. The van der Waals surface area contributed by atoms with Crippen molar-refractivity contribution in [2.24, 2.45) is 23.7 Å². The van der Waals surface area contributed by atoms with Crippen LogP contribution in [0.1, 0.15) is 6.42 Å². The molecular formula is C11H14O2. The van der Waals surface area contributed by atoms with E-state index in [4.69, 9.17) is 9.47 Å². The van der Waals surface area contributed by atoms with Gasteiger partial charge in [0, 0.05) is 0 Å². The molecule has 70 valence electrons. The van der Waals surface area contributed by atoms with E-state index in [1.165, 1.54) is 6.42 Å². The summed E-state index contributed by atoms with van der Waals surface area (Å²) in [5, 5.41) is 0. The fourth-order valence-corrected chi connectivity index (χ4v) is 3.94. The van der Waals surface area contributed by atoms with Crippen molar-refractivity contribution < 1.29 is 9.47 Å². The third kappa shape index (κ3) is 0.728. The summed E-state index contributed by atoms with van der Waals surface area (Å²) in [4.78, 5) is 0. The quantitative estimate of drug-likeness (QED) is 0.519. The molecule has 2 aliphatic carbocycles. The summed E-state index contributed by atoms with van der Waals surface area (Å²) in [5.74, 6) is 3.28. The summed E-state index contributed by atoms with van der Waals surface area (Å²) >= 11 is 0. The van der Waals surface area contributed by atoms with Crippen LogP contribution in [-0.2, 0) is 9.47 Å². The zero-order valence-corrected chi connectivity index (χ0v) is 7.56. The van der Waals surface area contributed by atoms with Crippen molar-refractivity contribution in [3.8, 4) is 0 Å². The fourth-order valence-electron chi connectivity index (χ4n) is 3.94. The van der Waals surface area contributed by atoms with Gasteiger partial charge in [-0.2, -0.15) is 0 Å². The van der Waals surface area contributed by atoms with Crippen LogP contribution in [0.15, 0.2) is 12.2 Å². The van der Waals surface area contributed by atoms with Gasteiger partial charge in [-0.3, -0.25) is 0 Å². The van der Waals surface area contributed by atoms with Crippen LogP contribution in [0.2, 0.25) is 0 Å². The maximum atomic E-state index is 5.77. The van der Waals surface area contributed by atoms with Crippen LogP contribution < -0.4 is 0 Å². The monoisotopic (exact) mass is 178 g/mol. The highest BCUT2D eigenvalue weighted by atomic mass is 16.5. The lowest BCUT2D eigenvalue weighted by Crippen LogP contribution is -2.33. The maximum Gasteiger partial charge on any atom is 0.0792 e. The molecule has 2 saturated heterocycles. The van der Waals surface area contributed by atoms with Gasteiger partial charge in [0.1, 0.15) is 0 Å². The Kier molecular flexibility index (Phi) is 1.18. The summed E-state index contributed by atoms with van der Waals surface area (Å²) in [7, 11) is 0. The first kappa shape index (κ1) is 7.02. The summed E-state index contributed by atoms with van der Waals surface area (Å²) < 4.78 is 11.5. The van der Waals surface area contributed by atoms with Crippen molar-refractivity contribution in [1.29, 1.82) is 0 Å². The van der Waals surface area contributed by atoms with Gasteiger partial charge >= 0.3 is 0 Å². The van der Waals surface area contributed by atoms with Gasteiger partial charge in [-0.25, -0.2) is 0 Å². The van der Waals surface area contributed by atoms with E-state index in [1.807, 2.05) is 0 Å². The van der Waals surface area contributed by atoms with E-state index in [0.29, 0.717) is 12.2 Å². The molecule has 0 aromatic heterocycles. The lowest BCUT2D eigenvalue weighted by atomic mass is 9.78. The van der Waals surface area contributed by atoms with Crippen LogP contribution in [0, 0.1) is 23.7 Å². The molecule has 4 unspecified atom stereocenters. The minimum Gasteiger partial charge on any atom is -0.374 e. The Morgan fingerprint density at radius 1 is 0.846 bits per heavy atom. The molecule has 0 aromatic carbocycles. The molecule has 2 heterocycles. The summed E-state index contributed by atoms with van der Waals surface area (Å²) in [5.41, 5.74) is 0. The Morgan fingerprint density at radius 2 is 1.38 bits per heavy atom. The first-order valence-corrected chi connectivity index (χ1v) is 5.35. The molecule has 13 heavy (non-hydrogen) atoms. The van der Waals surface area contributed by atoms with Crippen molar-refractivity contribution in [2.45, 2.75) is 18.6 Å². The molecule has 4 aliphatic rings. The van der Waals surface area contributed by atoms with Gasteiger partial charge in [0.25, 0.3) is 0 Å². The van der Waals surface area contributed by atoms with Crippen LogP contribution in [0.25, 0.3) is 0 Å². The Balaban J connectivity index is 1.83. The van der Waals surface area contributed by atoms with Gasteiger partial charge in [-0.05, 0) is 30.1 Å². The van der Waals surface area contributed by atoms with E-state index in [1.54, 1.807) is 0 Å². The Bertz CT molecular complexity index is 247. The summed E-state index contributed by atoms with van der Waals surface area (Å²) in [6, 6.07) is 0. The Labute approximate surface area is 77.9 Å².